The molecule has 0 saturated carbocycles. The molecule has 1 unspecified atom stereocenters. The highest BCUT2D eigenvalue weighted by molar-refractivity contribution is 5.39. The summed E-state index contributed by atoms with van der Waals surface area (Å²) in [5.41, 5.74) is 1.35. The molecule has 1 aliphatic heterocycles. The smallest absolute Gasteiger partial charge is 0.122 e. The highest BCUT2D eigenvalue weighted by Crippen LogP contribution is 2.32. The molecule has 2 rings (SSSR count). The van der Waals surface area contributed by atoms with Crippen LogP contribution in [0, 0.1) is 0 Å². The fourth-order valence-corrected chi connectivity index (χ4v) is 2.03. The van der Waals surface area contributed by atoms with Crippen LogP contribution in [0.4, 0.5) is 0 Å². The van der Waals surface area contributed by atoms with Crippen LogP contribution >= 0.6 is 0 Å². The van der Waals surface area contributed by atoms with Gasteiger partial charge in [-0.25, -0.2) is 0 Å². The van der Waals surface area contributed by atoms with Gasteiger partial charge in [0.05, 0.1) is 6.61 Å². The maximum absolute atomic E-state index is 5.63. The average Bonchev–Trinajstić information content (AvgIpc) is 2.73. The molecule has 0 radical (unpaired) electrons. The van der Waals surface area contributed by atoms with Gasteiger partial charge in [0.2, 0.25) is 0 Å². The minimum atomic E-state index is 0.512. The van der Waals surface area contributed by atoms with Gasteiger partial charge in [0.1, 0.15) is 5.75 Å². The normalized spacial score (nSPS) is 18.2. The molecule has 0 aliphatic carbocycles. The first-order valence-electron chi connectivity index (χ1n) is 6.05. The van der Waals surface area contributed by atoms with Crippen molar-refractivity contribution in [3.05, 3.63) is 29.8 Å². The molecule has 0 aromatic heterocycles. The van der Waals surface area contributed by atoms with Gasteiger partial charge in [-0.3, -0.25) is 0 Å². The molecule has 0 saturated heterocycles. The van der Waals surface area contributed by atoms with Crippen molar-refractivity contribution in [2.45, 2.75) is 12.8 Å². The first-order valence-corrected chi connectivity index (χ1v) is 6.05. The zero-order valence-electron chi connectivity index (χ0n) is 9.83. The van der Waals surface area contributed by atoms with Gasteiger partial charge in [0, 0.05) is 31.1 Å². The van der Waals surface area contributed by atoms with Gasteiger partial charge in [-0.2, -0.15) is 0 Å². The second-order valence-electron chi connectivity index (χ2n) is 4.10. The lowest BCUT2D eigenvalue weighted by molar-refractivity contribution is 0.326. The van der Waals surface area contributed by atoms with Crippen LogP contribution in [0.2, 0.25) is 0 Å². The average molecular weight is 220 g/mol. The number of hydrogen-bond donors (Lipinski definition) is 2. The van der Waals surface area contributed by atoms with Crippen molar-refractivity contribution in [1.29, 1.82) is 0 Å². The number of hydrogen-bond acceptors (Lipinski definition) is 3. The Bertz CT molecular complexity index is 327. The van der Waals surface area contributed by atoms with Crippen molar-refractivity contribution >= 4 is 0 Å². The second kappa shape index (κ2) is 5.87. The molecular formula is C13H20N2O. The molecule has 1 aromatic rings. The van der Waals surface area contributed by atoms with E-state index >= 15 is 0 Å². The Kier molecular flexibility index (Phi) is 4.19. The van der Waals surface area contributed by atoms with E-state index in [0.717, 1.165) is 38.5 Å². The van der Waals surface area contributed by atoms with Crippen LogP contribution in [0.1, 0.15) is 18.4 Å². The van der Waals surface area contributed by atoms with Crippen molar-refractivity contribution in [1.82, 2.24) is 10.6 Å². The van der Waals surface area contributed by atoms with Crippen LogP contribution in [-0.2, 0) is 0 Å². The largest absolute Gasteiger partial charge is 0.493 e. The van der Waals surface area contributed by atoms with E-state index in [2.05, 4.69) is 29.7 Å². The number of likely N-dealkylation sites (N-methyl/N-ethyl adjacent to an activating group) is 1. The topological polar surface area (TPSA) is 33.3 Å². The number of rotatable bonds is 6. The lowest BCUT2D eigenvalue weighted by Crippen LogP contribution is -2.30. The number of para-hydroxylation sites is 1. The van der Waals surface area contributed by atoms with Crippen LogP contribution in [-0.4, -0.2) is 32.8 Å². The van der Waals surface area contributed by atoms with E-state index in [1.807, 2.05) is 12.1 Å². The van der Waals surface area contributed by atoms with Crippen LogP contribution in [0.5, 0.6) is 5.75 Å². The molecule has 2 N–H and O–H groups in total. The first-order chi connectivity index (χ1) is 7.92. The number of benzene rings is 1. The Labute approximate surface area is 97.2 Å². The van der Waals surface area contributed by atoms with Crippen molar-refractivity contribution in [3.63, 3.8) is 0 Å². The first kappa shape index (κ1) is 11.4. The molecule has 0 amide bonds. The molecule has 16 heavy (non-hydrogen) atoms. The summed E-state index contributed by atoms with van der Waals surface area (Å²) in [4.78, 5) is 0. The predicted octanol–water partition coefficient (Wildman–Crippen LogP) is 1.36. The van der Waals surface area contributed by atoms with Gasteiger partial charge in [-0.15, -0.1) is 0 Å². The van der Waals surface area contributed by atoms with E-state index in [0.29, 0.717) is 5.92 Å². The minimum absolute atomic E-state index is 0.512. The van der Waals surface area contributed by atoms with Gasteiger partial charge in [0.15, 0.2) is 0 Å². The molecule has 3 heteroatoms. The molecule has 1 aromatic carbocycles. The summed E-state index contributed by atoms with van der Waals surface area (Å²) >= 11 is 0. The van der Waals surface area contributed by atoms with Crippen LogP contribution in [0.15, 0.2) is 24.3 Å². The minimum Gasteiger partial charge on any atom is -0.493 e. The quantitative estimate of drug-likeness (QED) is 0.710. The van der Waals surface area contributed by atoms with Crippen molar-refractivity contribution < 1.29 is 4.74 Å². The highest BCUT2D eigenvalue weighted by Gasteiger charge is 2.22. The molecule has 0 bridgehead atoms. The van der Waals surface area contributed by atoms with E-state index in [1.54, 1.807) is 0 Å². The maximum Gasteiger partial charge on any atom is 0.122 e. The van der Waals surface area contributed by atoms with E-state index in [4.69, 9.17) is 4.74 Å². The lowest BCUT2D eigenvalue weighted by atomic mass is 10.0. The summed E-state index contributed by atoms with van der Waals surface area (Å²) in [6.07, 6.45) is 0. The van der Waals surface area contributed by atoms with E-state index in [-0.39, 0.29) is 0 Å². The Morgan fingerprint density at radius 2 is 2.06 bits per heavy atom. The molecular weight excluding hydrogens is 200 g/mol. The molecule has 1 aliphatic rings. The number of nitrogens with one attached hydrogen (secondary N) is 2. The molecule has 3 nitrogen and oxygen atoms in total. The Morgan fingerprint density at radius 1 is 1.25 bits per heavy atom. The van der Waals surface area contributed by atoms with Gasteiger partial charge < -0.3 is 15.4 Å². The summed E-state index contributed by atoms with van der Waals surface area (Å²) in [6.45, 7) is 7.03. The third-order valence-corrected chi connectivity index (χ3v) is 2.92. The summed E-state index contributed by atoms with van der Waals surface area (Å²) in [5.74, 6) is 1.57. The van der Waals surface area contributed by atoms with E-state index in [1.165, 1.54) is 5.56 Å². The third-order valence-electron chi connectivity index (χ3n) is 2.92. The van der Waals surface area contributed by atoms with Crippen molar-refractivity contribution in [2.75, 3.05) is 32.8 Å². The molecule has 0 fully saturated rings. The zero-order valence-corrected chi connectivity index (χ0v) is 9.83. The fourth-order valence-electron chi connectivity index (χ4n) is 2.03. The second-order valence-corrected chi connectivity index (χ2v) is 4.10. The third kappa shape index (κ3) is 2.74. The Hall–Kier alpha value is -1.06. The summed E-state index contributed by atoms with van der Waals surface area (Å²) in [5, 5.41) is 6.76. The van der Waals surface area contributed by atoms with Crippen LogP contribution < -0.4 is 15.4 Å². The zero-order chi connectivity index (χ0) is 11.2. The van der Waals surface area contributed by atoms with E-state index < -0.39 is 0 Å². The van der Waals surface area contributed by atoms with Crippen LogP contribution in [0.3, 0.4) is 0 Å². The standard InChI is InChI=1S/C13H20N2O/c1-2-14-7-8-15-9-11-10-16-13-6-4-3-5-12(11)13/h3-6,11,14-15H,2,7-10H2,1H3. The van der Waals surface area contributed by atoms with Gasteiger partial charge in [0.25, 0.3) is 0 Å². The van der Waals surface area contributed by atoms with Gasteiger partial charge in [-0.1, -0.05) is 25.1 Å². The predicted molar refractivity (Wildman–Crippen MR) is 66.1 cm³/mol. The Balaban J connectivity index is 1.76. The molecule has 0 spiro atoms. The van der Waals surface area contributed by atoms with Crippen molar-refractivity contribution in [3.8, 4) is 5.75 Å². The van der Waals surface area contributed by atoms with Crippen LogP contribution in [0.25, 0.3) is 0 Å². The SMILES string of the molecule is CCNCCNCC1COc2ccccc21. The summed E-state index contributed by atoms with van der Waals surface area (Å²) < 4.78 is 5.63. The number of ether oxygens (including phenoxy) is 1. The van der Waals surface area contributed by atoms with Gasteiger partial charge in [-0.05, 0) is 12.6 Å². The lowest BCUT2D eigenvalue weighted by Gasteiger charge is -2.10. The van der Waals surface area contributed by atoms with Crippen molar-refractivity contribution in [2.24, 2.45) is 0 Å². The van der Waals surface area contributed by atoms with Gasteiger partial charge >= 0.3 is 0 Å². The maximum atomic E-state index is 5.63. The molecule has 1 atom stereocenters. The summed E-state index contributed by atoms with van der Waals surface area (Å²) in [7, 11) is 0. The highest BCUT2D eigenvalue weighted by atomic mass is 16.5. The fraction of sp³-hybridized carbons (Fsp3) is 0.538. The molecule has 88 valence electrons. The van der Waals surface area contributed by atoms with E-state index in [9.17, 15) is 0 Å². The molecule has 1 heterocycles. The summed E-state index contributed by atoms with van der Waals surface area (Å²) in [6, 6.07) is 8.33. The number of fused-ring (bicyclic) bond motifs is 1. The Morgan fingerprint density at radius 3 is 2.94 bits per heavy atom. The monoisotopic (exact) mass is 220 g/mol.